The Morgan fingerprint density at radius 3 is 2.03 bits per heavy atom. The van der Waals surface area contributed by atoms with E-state index in [4.69, 9.17) is 9.47 Å². The van der Waals surface area contributed by atoms with Crippen molar-refractivity contribution in [3.8, 4) is 11.1 Å². The molecule has 0 bridgehead atoms. The van der Waals surface area contributed by atoms with Crippen molar-refractivity contribution >= 4 is 18.2 Å². The van der Waals surface area contributed by atoms with Gasteiger partial charge in [0.25, 0.3) is 0 Å². The number of amides is 2. The summed E-state index contributed by atoms with van der Waals surface area (Å²) in [5.41, 5.74) is 1.91. The van der Waals surface area contributed by atoms with Gasteiger partial charge in [-0.15, -0.1) is 0 Å². The number of carbonyl (C=O) groups excluding carboxylic acids is 3. The number of ether oxygens (including phenoxy) is 2. The van der Waals surface area contributed by atoms with Gasteiger partial charge in [0, 0.05) is 19.0 Å². The Morgan fingerprint density at radius 2 is 1.53 bits per heavy atom. The van der Waals surface area contributed by atoms with Gasteiger partial charge in [0.05, 0.1) is 0 Å². The zero-order valence-corrected chi connectivity index (χ0v) is 19.6. The summed E-state index contributed by atoms with van der Waals surface area (Å²) < 4.78 is 24.9. The van der Waals surface area contributed by atoms with E-state index >= 15 is 0 Å². The number of likely N-dealkylation sites (tertiary alicyclic amines) is 1. The van der Waals surface area contributed by atoms with E-state index < -0.39 is 29.4 Å². The van der Waals surface area contributed by atoms with E-state index in [2.05, 4.69) is 5.32 Å². The van der Waals surface area contributed by atoms with Crippen LogP contribution in [0.25, 0.3) is 11.1 Å². The second-order valence-corrected chi connectivity index (χ2v) is 9.77. The minimum absolute atomic E-state index is 0.0560. The number of fused-ring (bicyclic) bond motifs is 3. The van der Waals surface area contributed by atoms with Gasteiger partial charge in [-0.3, -0.25) is 4.79 Å². The van der Waals surface area contributed by atoms with E-state index in [1.807, 2.05) is 48.5 Å². The zero-order valence-electron chi connectivity index (χ0n) is 19.6. The Bertz CT molecular complexity index is 1060. The normalized spacial score (nSPS) is 16.9. The number of rotatable bonds is 4. The number of halogens is 1. The van der Waals surface area contributed by atoms with Gasteiger partial charge in [-0.05, 0) is 55.9 Å². The number of piperidine rings is 1. The van der Waals surface area contributed by atoms with Crippen molar-refractivity contribution in [2.24, 2.45) is 0 Å². The molecule has 0 atom stereocenters. The minimum Gasteiger partial charge on any atom is -0.449 e. The molecule has 4 rings (SSSR count). The van der Waals surface area contributed by atoms with Crippen molar-refractivity contribution in [1.29, 1.82) is 0 Å². The summed E-state index contributed by atoms with van der Waals surface area (Å²) in [7, 11) is 0. The van der Waals surface area contributed by atoms with E-state index in [0.717, 1.165) is 22.3 Å². The minimum atomic E-state index is -1.72. The third kappa shape index (κ3) is 4.76. The molecule has 1 N–H and O–H groups in total. The molecule has 1 fully saturated rings. The molecule has 1 heterocycles. The average Bonchev–Trinajstić information content (AvgIpc) is 3.10. The molecule has 0 unspecified atom stereocenters. The third-order valence-corrected chi connectivity index (χ3v) is 6.33. The Hall–Kier alpha value is -3.42. The lowest BCUT2D eigenvalue weighted by molar-refractivity contribution is -0.138. The lowest BCUT2D eigenvalue weighted by Gasteiger charge is -2.39. The van der Waals surface area contributed by atoms with Crippen LogP contribution in [0.2, 0.25) is 0 Å². The summed E-state index contributed by atoms with van der Waals surface area (Å²) in [6.07, 6.45) is -1.52. The SMILES string of the molecule is CC(C)(C)OC(=O)N1CCC(NC(=O)OCC2c3ccccc3-c3ccccc32)(C(=O)F)CC1. The van der Waals surface area contributed by atoms with Crippen LogP contribution in [0.4, 0.5) is 14.0 Å². The number of hydrogen-bond donors (Lipinski definition) is 1. The fraction of sp³-hybridized carbons (Fsp3) is 0.423. The van der Waals surface area contributed by atoms with Crippen molar-refractivity contribution in [2.45, 2.75) is 50.7 Å². The van der Waals surface area contributed by atoms with Crippen molar-refractivity contribution in [3.63, 3.8) is 0 Å². The number of carbonyl (C=O) groups is 3. The van der Waals surface area contributed by atoms with Crippen LogP contribution in [0.5, 0.6) is 0 Å². The van der Waals surface area contributed by atoms with E-state index in [9.17, 15) is 18.8 Å². The van der Waals surface area contributed by atoms with Crippen LogP contribution in [0.15, 0.2) is 48.5 Å². The van der Waals surface area contributed by atoms with Gasteiger partial charge in [0.15, 0.2) is 0 Å². The molecular weight excluding hydrogens is 439 g/mol. The lowest BCUT2D eigenvalue weighted by atomic mass is 9.88. The Labute approximate surface area is 198 Å². The maximum atomic E-state index is 14.1. The number of hydrogen-bond acceptors (Lipinski definition) is 5. The molecular formula is C26H29FN2O5. The number of nitrogens with one attached hydrogen (secondary N) is 1. The standard InChI is InChI=1S/C26H29FN2O5/c1-25(2,3)34-24(32)29-14-12-26(13-15-29,22(27)30)28-23(31)33-16-21-19-10-6-4-8-17(19)18-9-5-7-11-20(18)21/h4-11,21H,12-16H2,1-3H3,(H,28,31). The smallest absolute Gasteiger partial charge is 0.410 e. The summed E-state index contributed by atoms with van der Waals surface area (Å²) in [4.78, 5) is 38.2. The molecule has 2 aromatic rings. The fourth-order valence-corrected chi connectivity index (χ4v) is 4.60. The van der Waals surface area contributed by atoms with E-state index in [-0.39, 0.29) is 38.5 Å². The topological polar surface area (TPSA) is 84.9 Å². The first kappa shape index (κ1) is 23.7. The first-order valence-corrected chi connectivity index (χ1v) is 11.4. The lowest BCUT2D eigenvalue weighted by Crippen LogP contribution is -2.60. The second-order valence-electron chi connectivity index (χ2n) is 9.77. The molecule has 180 valence electrons. The van der Waals surface area contributed by atoms with Crippen LogP contribution in [0, 0.1) is 0 Å². The molecule has 1 saturated heterocycles. The predicted octanol–water partition coefficient (Wildman–Crippen LogP) is 4.79. The van der Waals surface area contributed by atoms with E-state index in [1.54, 1.807) is 20.8 Å². The first-order valence-electron chi connectivity index (χ1n) is 11.4. The summed E-state index contributed by atoms with van der Waals surface area (Å²) in [5.74, 6) is -0.149. The largest absolute Gasteiger partial charge is 0.449 e. The van der Waals surface area contributed by atoms with Crippen LogP contribution in [-0.2, 0) is 14.3 Å². The van der Waals surface area contributed by atoms with Gasteiger partial charge in [-0.1, -0.05) is 48.5 Å². The van der Waals surface area contributed by atoms with Crippen LogP contribution in [0.3, 0.4) is 0 Å². The zero-order chi connectivity index (χ0) is 24.5. The fourth-order valence-electron chi connectivity index (χ4n) is 4.60. The molecule has 1 aliphatic carbocycles. The Balaban J connectivity index is 1.39. The number of benzene rings is 2. The van der Waals surface area contributed by atoms with Crippen molar-refractivity contribution in [1.82, 2.24) is 10.2 Å². The van der Waals surface area contributed by atoms with Crippen molar-refractivity contribution in [3.05, 3.63) is 59.7 Å². The first-order chi connectivity index (χ1) is 16.1. The maximum absolute atomic E-state index is 14.1. The highest BCUT2D eigenvalue weighted by Crippen LogP contribution is 2.44. The molecule has 2 aromatic carbocycles. The average molecular weight is 469 g/mol. The summed E-state index contributed by atoms with van der Waals surface area (Å²) >= 11 is 0. The van der Waals surface area contributed by atoms with E-state index in [1.165, 1.54) is 4.90 Å². The quantitative estimate of drug-likeness (QED) is 0.652. The molecule has 0 aromatic heterocycles. The van der Waals surface area contributed by atoms with Gasteiger partial charge >= 0.3 is 18.2 Å². The van der Waals surface area contributed by atoms with Crippen molar-refractivity contribution < 1.29 is 28.2 Å². The van der Waals surface area contributed by atoms with Crippen LogP contribution < -0.4 is 5.32 Å². The molecule has 1 aliphatic heterocycles. The summed E-state index contributed by atoms with van der Waals surface area (Å²) in [6.45, 7) is 5.47. The van der Waals surface area contributed by atoms with E-state index in [0.29, 0.717) is 0 Å². The van der Waals surface area contributed by atoms with Gasteiger partial charge in [-0.2, -0.15) is 4.39 Å². The van der Waals surface area contributed by atoms with Gasteiger partial charge in [0.1, 0.15) is 17.7 Å². The molecule has 34 heavy (non-hydrogen) atoms. The van der Waals surface area contributed by atoms with Crippen molar-refractivity contribution in [2.75, 3.05) is 19.7 Å². The maximum Gasteiger partial charge on any atom is 0.410 e. The Morgan fingerprint density at radius 1 is 1.00 bits per heavy atom. The highest BCUT2D eigenvalue weighted by molar-refractivity contribution is 5.85. The molecule has 8 heteroatoms. The molecule has 0 spiro atoms. The van der Waals surface area contributed by atoms with Gasteiger partial charge in [-0.25, -0.2) is 9.59 Å². The Kier molecular flexibility index (Phi) is 6.34. The molecule has 2 aliphatic rings. The molecule has 2 amide bonds. The molecule has 0 radical (unpaired) electrons. The summed E-state index contributed by atoms with van der Waals surface area (Å²) in [5, 5.41) is 2.45. The highest BCUT2D eigenvalue weighted by atomic mass is 19.1. The summed E-state index contributed by atoms with van der Waals surface area (Å²) in [6, 6.07) is 14.2. The third-order valence-electron chi connectivity index (χ3n) is 6.33. The van der Waals surface area contributed by atoms with Gasteiger partial charge in [0.2, 0.25) is 0 Å². The highest BCUT2D eigenvalue weighted by Gasteiger charge is 2.45. The molecule has 0 saturated carbocycles. The second kappa shape index (κ2) is 9.08. The molecule has 7 nitrogen and oxygen atoms in total. The van der Waals surface area contributed by atoms with Crippen LogP contribution >= 0.6 is 0 Å². The predicted molar refractivity (Wildman–Crippen MR) is 124 cm³/mol. The van der Waals surface area contributed by atoms with Gasteiger partial charge < -0.3 is 19.7 Å². The van der Waals surface area contributed by atoms with Crippen LogP contribution in [0.1, 0.15) is 50.7 Å². The number of alkyl carbamates (subject to hydrolysis) is 1. The number of nitrogens with zero attached hydrogens (tertiary/aromatic N) is 1. The van der Waals surface area contributed by atoms with Crippen LogP contribution in [-0.4, -0.2) is 54.0 Å². The monoisotopic (exact) mass is 468 g/mol.